The highest BCUT2D eigenvalue weighted by atomic mass is 32.2. The highest BCUT2D eigenvalue weighted by Gasteiger charge is 2.11. The predicted molar refractivity (Wildman–Crippen MR) is 45.1 cm³/mol. The molecule has 0 radical (unpaired) electrons. The van der Waals surface area contributed by atoms with E-state index in [4.69, 9.17) is 0 Å². The van der Waals surface area contributed by atoms with Crippen LogP contribution in [0.1, 0.15) is 13.3 Å². The smallest absolute Gasteiger partial charge is 0.318 e. The molecule has 0 aliphatic carbocycles. The van der Waals surface area contributed by atoms with E-state index in [9.17, 15) is 17.8 Å². The van der Waals surface area contributed by atoms with Crippen LogP contribution in [0, 0.1) is 0 Å². The van der Waals surface area contributed by atoms with Gasteiger partial charge in [0.2, 0.25) is 6.43 Å². The molecule has 0 spiro atoms. The van der Waals surface area contributed by atoms with Crippen molar-refractivity contribution in [3.8, 4) is 0 Å². The fraction of sp³-hybridized carbons (Fsp3) is 0.857. The molecule has 0 aliphatic heterocycles. The Morgan fingerprint density at radius 3 is 2.62 bits per heavy atom. The molecule has 0 aromatic heterocycles. The Morgan fingerprint density at radius 2 is 2.15 bits per heavy atom. The van der Waals surface area contributed by atoms with Crippen LogP contribution >= 0.6 is 0 Å². The number of carbonyl (C=O) groups is 1. The van der Waals surface area contributed by atoms with Crippen molar-refractivity contribution < 1.29 is 22.5 Å². The van der Waals surface area contributed by atoms with Gasteiger partial charge in [0.1, 0.15) is 5.75 Å². The average molecular weight is 214 g/mol. The van der Waals surface area contributed by atoms with E-state index in [-0.39, 0.29) is 18.1 Å². The lowest BCUT2D eigenvalue weighted by Gasteiger charge is -2.01. The lowest BCUT2D eigenvalue weighted by molar-refractivity contribution is -0.139. The van der Waals surface area contributed by atoms with Gasteiger partial charge in [-0.15, -0.1) is 0 Å². The molecule has 0 heterocycles. The second-order valence-electron chi connectivity index (χ2n) is 2.27. The lowest BCUT2D eigenvalue weighted by Crippen LogP contribution is -2.16. The molecule has 0 bridgehead atoms. The van der Waals surface area contributed by atoms with E-state index in [0.717, 1.165) is 0 Å². The quantitative estimate of drug-likeness (QED) is 0.618. The summed E-state index contributed by atoms with van der Waals surface area (Å²) in [4.78, 5) is 10.7. The standard InChI is InChI=1S/C7H12F2O3S/c1-2-12-7(10)5-13(11)4-3-6(8)9/h6H,2-5H2,1H3. The van der Waals surface area contributed by atoms with Crippen molar-refractivity contribution in [3.05, 3.63) is 0 Å². The van der Waals surface area contributed by atoms with Crippen LogP contribution in [-0.4, -0.2) is 34.7 Å². The van der Waals surface area contributed by atoms with E-state index in [1.165, 1.54) is 0 Å². The first-order valence-electron chi connectivity index (χ1n) is 3.85. The second kappa shape index (κ2) is 6.94. The normalized spacial score (nSPS) is 12.9. The summed E-state index contributed by atoms with van der Waals surface area (Å²) < 4.78 is 38.7. The van der Waals surface area contributed by atoms with Crippen LogP contribution in [0.15, 0.2) is 0 Å². The minimum absolute atomic E-state index is 0.156. The molecule has 0 aromatic rings. The van der Waals surface area contributed by atoms with E-state index in [0.29, 0.717) is 0 Å². The first-order valence-corrected chi connectivity index (χ1v) is 5.33. The summed E-state index contributed by atoms with van der Waals surface area (Å²) in [6.07, 6.45) is -2.91. The zero-order chi connectivity index (χ0) is 10.3. The van der Waals surface area contributed by atoms with Crippen molar-refractivity contribution in [2.24, 2.45) is 0 Å². The first-order chi connectivity index (χ1) is 6.06. The molecular weight excluding hydrogens is 202 g/mol. The van der Waals surface area contributed by atoms with Crippen LogP contribution in [0.25, 0.3) is 0 Å². The van der Waals surface area contributed by atoms with Gasteiger partial charge in [0.15, 0.2) is 0 Å². The zero-order valence-electron chi connectivity index (χ0n) is 7.29. The Hall–Kier alpha value is -0.520. The van der Waals surface area contributed by atoms with Gasteiger partial charge in [0.05, 0.1) is 6.61 Å². The van der Waals surface area contributed by atoms with Crippen LogP contribution < -0.4 is 0 Å². The van der Waals surface area contributed by atoms with Crippen LogP contribution in [0.2, 0.25) is 0 Å². The highest BCUT2D eigenvalue weighted by molar-refractivity contribution is 7.85. The maximum atomic E-state index is 11.6. The van der Waals surface area contributed by atoms with E-state index < -0.39 is 29.6 Å². The van der Waals surface area contributed by atoms with Gasteiger partial charge in [-0.05, 0) is 6.92 Å². The second-order valence-corrected chi connectivity index (χ2v) is 3.85. The fourth-order valence-electron chi connectivity index (χ4n) is 0.627. The fourth-order valence-corrected chi connectivity index (χ4v) is 1.56. The van der Waals surface area contributed by atoms with Crippen LogP contribution in [0.4, 0.5) is 8.78 Å². The third-order valence-electron chi connectivity index (χ3n) is 1.15. The number of hydrogen-bond acceptors (Lipinski definition) is 3. The minimum atomic E-state index is -2.47. The van der Waals surface area contributed by atoms with Crippen molar-refractivity contribution in [1.29, 1.82) is 0 Å². The molecule has 0 N–H and O–H groups in total. The summed E-state index contributed by atoms with van der Waals surface area (Å²) in [5.41, 5.74) is 0. The van der Waals surface area contributed by atoms with Crippen molar-refractivity contribution in [2.75, 3.05) is 18.1 Å². The summed E-state index contributed by atoms with van der Waals surface area (Å²) in [6, 6.07) is 0. The van der Waals surface area contributed by atoms with Crippen LogP contribution in [0.3, 0.4) is 0 Å². The first kappa shape index (κ1) is 12.5. The van der Waals surface area contributed by atoms with Gasteiger partial charge in [-0.3, -0.25) is 9.00 Å². The molecule has 1 unspecified atom stereocenters. The molecule has 1 atom stereocenters. The zero-order valence-corrected chi connectivity index (χ0v) is 8.11. The Bertz CT molecular complexity index is 185. The van der Waals surface area contributed by atoms with Gasteiger partial charge < -0.3 is 4.74 Å². The Kier molecular flexibility index (Phi) is 6.66. The Morgan fingerprint density at radius 1 is 1.54 bits per heavy atom. The molecule has 3 nitrogen and oxygen atoms in total. The molecule has 6 heteroatoms. The number of carbonyl (C=O) groups excluding carboxylic acids is 1. The largest absolute Gasteiger partial charge is 0.465 e. The van der Waals surface area contributed by atoms with Gasteiger partial charge in [-0.1, -0.05) is 0 Å². The van der Waals surface area contributed by atoms with Gasteiger partial charge in [0, 0.05) is 23.0 Å². The van der Waals surface area contributed by atoms with Crippen molar-refractivity contribution in [3.63, 3.8) is 0 Å². The molecule has 0 fully saturated rings. The Balaban J connectivity index is 3.56. The molecule has 0 amide bonds. The monoisotopic (exact) mass is 214 g/mol. The molecule has 0 rings (SSSR count). The Labute approximate surface area is 77.9 Å². The number of ether oxygens (including phenoxy) is 1. The number of rotatable bonds is 6. The maximum Gasteiger partial charge on any atom is 0.318 e. The number of esters is 1. The van der Waals surface area contributed by atoms with Gasteiger partial charge in [0.25, 0.3) is 0 Å². The van der Waals surface area contributed by atoms with Crippen molar-refractivity contribution in [2.45, 2.75) is 19.8 Å². The van der Waals surface area contributed by atoms with Gasteiger partial charge in [-0.25, -0.2) is 8.78 Å². The number of hydrogen-bond donors (Lipinski definition) is 0. The third-order valence-corrected chi connectivity index (χ3v) is 2.40. The van der Waals surface area contributed by atoms with E-state index in [1.807, 2.05) is 0 Å². The molecule has 13 heavy (non-hydrogen) atoms. The summed E-state index contributed by atoms with van der Waals surface area (Å²) in [5, 5.41) is 0. The molecule has 0 saturated carbocycles. The molecule has 0 saturated heterocycles. The summed E-state index contributed by atoms with van der Waals surface area (Å²) in [7, 11) is -1.53. The number of halogens is 2. The van der Waals surface area contributed by atoms with E-state index >= 15 is 0 Å². The molecule has 0 aromatic carbocycles. The lowest BCUT2D eigenvalue weighted by atomic mass is 10.5. The molecule has 78 valence electrons. The summed E-state index contributed by atoms with van der Waals surface area (Å²) in [5.74, 6) is -1.05. The van der Waals surface area contributed by atoms with E-state index in [2.05, 4.69) is 4.74 Å². The van der Waals surface area contributed by atoms with Crippen LogP contribution in [-0.2, 0) is 20.3 Å². The molecule has 0 aliphatic rings. The number of alkyl halides is 2. The topological polar surface area (TPSA) is 43.4 Å². The summed E-state index contributed by atoms with van der Waals surface area (Å²) in [6.45, 7) is 1.84. The van der Waals surface area contributed by atoms with Crippen LogP contribution in [0.5, 0.6) is 0 Å². The summed E-state index contributed by atoms with van der Waals surface area (Å²) >= 11 is 0. The molecular formula is C7H12F2O3S. The third kappa shape index (κ3) is 7.83. The SMILES string of the molecule is CCOC(=O)CS(=O)CCC(F)F. The predicted octanol–water partition coefficient (Wildman–Crippen LogP) is 0.953. The van der Waals surface area contributed by atoms with Crippen molar-refractivity contribution >= 4 is 16.8 Å². The van der Waals surface area contributed by atoms with Gasteiger partial charge >= 0.3 is 5.97 Å². The average Bonchev–Trinajstić information content (AvgIpc) is 2.01. The van der Waals surface area contributed by atoms with Gasteiger partial charge in [-0.2, -0.15) is 0 Å². The van der Waals surface area contributed by atoms with E-state index in [1.54, 1.807) is 6.92 Å². The minimum Gasteiger partial charge on any atom is -0.465 e. The van der Waals surface area contributed by atoms with Crippen molar-refractivity contribution in [1.82, 2.24) is 0 Å². The maximum absolute atomic E-state index is 11.6. The highest BCUT2D eigenvalue weighted by Crippen LogP contribution is 2.00.